The first-order valence-corrected chi connectivity index (χ1v) is 22.6. The van der Waals surface area contributed by atoms with Gasteiger partial charge in [-0.3, -0.25) is 28.8 Å². The lowest BCUT2D eigenvalue weighted by molar-refractivity contribution is -0.195. The number of benzene rings is 1. The quantitative estimate of drug-likeness (QED) is 0.165. The summed E-state index contributed by atoms with van der Waals surface area (Å²) in [6.07, 6.45) is 6.13. The minimum Gasteiger partial charge on any atom is -0.481 e. The summed E-state index contributed by atoms with van der Waals surface area (Å²) >= 11 is 3.50. The van der Waals surface area contributed by atoms with Crippen molar-refractivity contribution in [3.8, 4) is 0 Å². The van der Waals surface area contributed by atoms with Crippen LogP contribution in [0.2, 0.25) is 0 Å². The number of carbonyl (C=O) groups is 6. The molecule has 5 N–H and O–H groups in total. The summed E-state index contributed by atoms with van der Waals surface area (Å²) in [5.41, 5.74) is -1.98. The number of aliphatic carboxylic acids is 1. The number of hydrogen-bond donors (Lipinski definition) is 5. The summed E-state index contributed by atoms with van der Waals surface area (Å²) in [6, 6.07) is 2.72. The molecule has 0 unspecified atom stereocenters. The number of aliphatic hydroxyl groups excluding tert-OH is 1. The Labute approximate surface area is 358 Å². The van der Waals surface area contributed by atoms with Crippen LogP contribution in [0, 0.1) is 39.8 Å². The Morgan fingerprint density at radius 2 is 1.87 bits per heavy atom. The molecule has 60 heavy (non-hydrogen) atoms. The largest absolute Gasteiger partial charge is 0.481 e. The standard InChI is InChI=1S/C43H50BrF2N3O10S/c1-39-10-9-24(50)12-23(39)4-6-25-27-13-31-43(38(57)60-21-45,40(27,2)15-30(51)35(25)39)59-37(58-31)26-5-3-22(11-28(26)46)14-41-18-42(19-41,20-41)49-36(56)29(7-8-34(54)55)48-33(53)17-47-32(52)16-44/h3,5,9-12,25,27,29-31,35,37,51H,4,6-8,13-21H2,1-2H3,(H,47,52)(H,48,53)(H,49,56)(H,54,55)/t25-,27-,29-,30-,31+,35+,37+,39-,40-,41?,42?,43-/m0/s1. The molecule has 1 aromatic rings. The van der Waals surface area contributed by atoms with Crippen LogP contribution in [0.25, 0.3) is 0 Å². The van der Waals surface area contributed by atoms with Crippen molar-refractivity contribution in [1.29, 1.82) is 0 Å². The maximum Gasteiger partial charge on any atom is 0.303 e. The fourth-order valence-corrected chi connectivity index (χ4v) is 13.6. The van der Waals surface area contributed by atoms with E-state index in [4.69, 9.17) is 9.47 Å². The van der Waals surface area contributed by atoms with Crippen LogP contribution in [0.3, 0.4) is 0 Å². The van der Waals surface area contributed by atoms with E-state index in [9.17, 15) is 43.4 Å². The third kappa shape index (κ3) is 7.07. The molecule has 0 radical (unpaired) electrons. The molecular formula is C43H50BrF2N3O10S. The van der Waals surface area contributed by atoms with Crippen LogP contribution in [0.15, 0.2) is 42.0 Å². The van der Waals surface area contributed by atoms with Crippen molar-refractivity contribution in [3.05, 3.63) is 58.9 Å². The SMILES string of the molecule is C[C@]12C=CC(=O)C=C1CC[C@@H]1[C@@H]2[C@@H](O)C[C@@]2(C)[C@H]1C[C@H]1O[C@@H](c3ccc(CC45CC(NC(=O)[C@H](CCC(=O)O)NC(=O)CNC(=O)CBr)(C4)C5)cc3F)O[C@]12C(=O)SCF. The number of amides is 3. The molecule has 0 aromatic heterocycles. The summed E-state index contributed by atoms with van der Waals surface area (Å²) in [5.74, 6) is -3.68. The second-order valence-electron chi connectivity index (χ2n) is 18.6. The number of halogens is 3. The molecule has 17 heteroatoms. The summed E-state index contributed by atoms with van der Waals surface area (Å²) in [6.45, 7) is 3.62. The van der Waals surface area contributed by atoms with E-state index in [2.05, 4.69) is 38.8 Å². The van der Waals surface area contributed by atoms with Crippen LogP contribution in [0.5, 0.6) is 0 Å². The van der Waals surface area contributed by atoms with Gasteiger partial charge < -0.3 is 35.6 Å². The summed E-state index contributed by atoms with van der Waals surface area (Å²) in [5, 5.41) is 28.5. The average molecular weight is 919 g/mol. The second kappa shape index (κ2) is 15.7. The van der Waals surface area contributed by atoms with Gasteiger partial charge in [-0.15, -0.1) is 0 Å². The molecule has 1 saturated heterocycles. The molecule has 324 valence electrons. The van der Waals surface area contributed by atoms with Crippen molar-refractivity contribution in [2.45, 2.75) is 114 Å². The minimum atomic E-state index is -1.63. The number of carbonyl (C=O) groups excluding carboxylic acids is 5. The van der Waals surface area contributed by atoms with Gasteiger partial charge in [-0.2, -0.15) is 0 Å². The number of fused-ring (bicyclic) bond motifs is 7. The molecule has 3 amide bonds. The predicted octanol–water partition coefficient (Wildman–Crippen LogP) is 4.50. The van der Waals surface area contributed by atoms with Crippen molar-refractivity contribution in [3.63, 3.8) is 0 Å². The van der Waals surface area contributed by atoms with E-state index in [0.717, 1.165) is 11.1 Å². The molecule has 1 aromatic carbocycles. The second-order valence-corrected chi connectivity index (χ2v) is 20.0. The number of nitrogens with one attached hydrogen (secondary N) is 3. The fourth-order valence-electron chi connectivity index (χ4n) is 12.7. The highest BCUT2D eigenvalue weighted by atomic mass is 79.9. The number of thioether (sulfide) groups is 1. The first-order valence-electron chi connectivity index (χ1n) is 20.5. The molecule has 2 bridgehead atoms. The Bertz CT molecular complexity index is 2070. The molecule has 1 heterocycles. The molecule has 7 aliphatic carbocycles. The summed E-state index contributed by atoms with van der Waals surface area (Å²) in [7, 11) is 0. The Morgan fingerprint density at radius 3 is 2.55 bits per heavy atom. The van der Waals surface area contributed by atoms with Gasteiger partial charge in [0.1, 0.15) is 17.9 Å². The molecule has 10 atom stereocenters. The van der Waals surface area contributed by atoms with Gasteiger partial charge in [-0.05, 0) is 98.8 Å². The van der Waals surface area contributed by atoms with Crippen molar-refractivity contribution < 1.29 is 57.2 Å². The fraction of sp³-hybridized carbons (Fsp3) is 0.628. The number of rotatable bonds is 14. The van der Waals surface area contributed by atoms with Gasteiger partial charge in [0.05, 0.1) is 24.1 Å². The molecule has 6 saturated carbocycles. The van der Waals surface area contributed by atoms with Crippen molar-refractivity contribution in [1.82, 2.24) is 16.0 Å². The Kier molecular flexibility index (Phi) is 11.3. The molecule has 0 spiro atoms. The minimum absolute atomic E-state index is 0.00381. The van der Waals surface area contributed by atoms with E-state index in [0.29, 0.717) is 56.7 Å². The number of ketones is 1. The maximum absolute atomic E-state index is 16.1. The van der Waals surface area contributed by atoms with Gasteiger partial charge in [0.25, 0.3) is 0 Å². The van der Waals surface area contributed by atoms with E-state index in [-0.39, 0.29) is 65.7 Å². The van der Waals surface area contributed by atoms with E-state index in [1.54, 1.807) is 24.3 Å². The van der Waals surface area contributed by atoms with Crippen molar-refractivity contribution in [2.75, 3.05) is 17.9 Å². The van der Waals surface area contributed by atoms with Gasteiger partial charge in [0.15, 0.2) is 17.7 Å². The first-order chi connectivity index (χ1) is 28.4. The number of aliphatic hydroxyl groups is 1. The van der Waals surface area contributed by atoms with E-state index in [1.807, 2.05) is 13.0 Å². The number of carboxylic acid groups (broad SMARTS) is 1. The van der Waals surface area contributed by atoms with E-state index in [1.165, 1.54) is 6.07 Å². The van der Waals surface area contributed by atoms with Crippen molar-refractivity contribution >= 4 is 62.3 Å². The highest BCUT2D eigenvalue weighted by Gasteiger charge is 2.76. The molecule has 9 rings (SSSR count). The average Bonchev–Trinajstić information content (AvgIpc) is 3.66. The summed E-state index contributed by atoms with van der Waals surface area (Å²) in [4.78, 5) is 74.8. The number of allylic oxidation sites excluding steroid dienone is 4. The normalized spacial score (nSPS) is 38.4. The van der Waals surface area contributed by atoms with Crippen LogP contribution in [0.1, 0.15) is 89.1 Å². The molecule has 7 fully saturated rings. The van der Waals surface area contributed by atoms with Gasteiger partial charge >= 0.3 is 5.97 Å². The maximum atomic E-state index is 16.1. The zero-order chi connectivity index (χ0) is 43.0. The molecule has 8 aliphatic rings. The zero-order valence-corrected chi connectivity index (χ0v) is 35.8. The lowest BCUT2D eigenvalue weighted by Crippen LogP contribution is -2.76. The Balaban J connectivity index is 0.929. The lowest BCUT2D eigenvalue weighted by atomic mass is 9.38. The lowest BCUT2D eigenvalue weighted by Gasteiger charge is -2.71. The van der Waals surface area contributed by atoms with Gasteiger partial charge in [0.2, 0.25) is 22.8 Å². The van der Waals surface area contributed by atoms with Crippen LogP contribution in [0.4, 0.5) is 8.78 Å². The van der Waals surface area contributed by atoms with E-state index < -0.39 is 87.1 Å². The third-order valence-electron chi connectivity index (χ3n) is 15.0. The number of hydrogen-bond acceptors (Lipinski definition) is 10. The van der Waals surface area contributed by atoms with Crippen LogP contribution < -0.4 is 16.0 Å². The monoisotopic (exact) mass is 917 g/mol. The highest BCUT2D eigenvalue weighted by Crippen LogP contribution is 2.71. The van der Waals surface area contributed by atoms with Gasteiger partial charge in [0, 0.05) is 34.3 Å². The van der Waals surface area contributed by atoms with Crippen LogP contribution >= 0.6 is 27.7 Å². The predicted molar refractivity (Wildman–Crippen MR) is 216 cm³/mol. The zero-order valence-electron chi connectivity index (χ0n) is 33.4. The number of alkyl halides is 2. The molecular weight excluding hydrogens is 868 g/mol. The van der Waals surface area contributed by atoms with Crippen LogP contribution in [-0.2, 0) is 44.7 Å². The molecule has 1 aliphatic heterocycles. The van der Waals surface area contributed by atoms with Gasteiger partial charge in [-0.25, -0.2) is 8.78 Å². The Hall–Kier alpha value is -3.51. The van der Waals surface area contributed by atoms with E-state index >= 15 is 4.39 Å². The smallest absolute Gasteiger partial charge is 0.303 e. The highest BCUT2D eigenvalue weighted by molar-refractivity contribution is 9.09. The Morgan fingerprint density at radius 1 is 1.12 bits per heavy atom. The summed E-state index contributed by atoms with van der Waals surface area (Å²) < 4.78 is 43.2. The third-order valence-corrected chi connectivity index (χ3v) is 16.2. The van der Waals surface area contributed by atoms with Crippen LogP contribution in [-0.4, -0.2) is 92.1 Å². The molecule has 13 nitrogen and oxygen atoms in total. The van der Waals surface area contributed by atoms with Crippen molar-refractivity contribution in [2.24, 2.45) is 34.0 Å². The number of ether oxygens (including phenoxy) is 2. The first kappa shape index (κ1) is 43.2. The van der Waals surface area contributed by atoms with Gasteiger partial charge in [-0.1, -0.05) is 65.3 Å². The number of carboxylic acids is 1. The topological polar surface area (TPSA) is 197 Å².